The highest BCUT2D eigenvalue weighted by molar-refractivity contribution is 6.08. The molecule has 3 rings (SSSR count). The molecule has 2 heterocycles. The number of ether oxygens (including phenoxy) is 2. The second-order valence-corrected chi connectivity index (χ2v) is 8.62. The molecule has 0 fully saturated rings. The Labute approximate surface area is 188 Å². The van der Waals surface area contributed by atoms with E-state index in [1.165, 1.54) is 19.1 Å². The van der Waals surface area contributed by atoms with E-state index in [0.717, 1.165) is 16.2 Å². The minimum atomic E-state index is -0.829. The summed E-state index contributed by atoms with van der Waals surface area (Å²) >= 11 is 0. The van der Waals surface area contributed by atoms with Gasteiger partial charge in [0, 0.05) is 19.2 Å². The number of carbonyl (C=O) groups is 2. The number of carbonyl (C=O) groups excluding carboxylic acids is 2. The largest absolute Gasteiger partial charge is 0.443 e. The number of hydrogen-bond acceptors (Lipinski definition) is 8. The van der Waals surface area contributed by atoms with E-state index in [9.17, 15) is 9.59 Å². The van der Waals surface area contributed by atoms with E-state index in [1.807, 2.05) is 26.8 Å². The second kappa shape index (κ2) is 8.97. The third-order valence-electron chi connectivity index (χ3n) is 5.10. The first-order valence-corrected chi connectivity index (χ1v) is 10.5. The van der Waals surface area contributed by atoms with Crippen LogP contribution in [0.25, 0.3) is 5.57 Å². The van der Waals surface area contributed by atoms with Gasteiger partial charge >= 0.3 is 6.09 Å². The molecule has 0 radical (unpaired) electrons. The number of hydrogen-bond donors (Lipinski definition) is 2. The Bertz CT molecular complexity index is 939. The van der Waals surface area contributed by atoms with E-state index in [2.05, 4.69) is 10.8 Å². The fraction of sp³-hybridized carbons (Fsp3) is 0.545. The van der Waals surface area contributed by atoms with Crippen molar-refractivity contribution in [3.05, 3.63) is 29.0 Å². The lowest BCUT2D eigenvalue weighted by Gasteiger charge is -2.28. The predicted octanol–water partition coefficient (Wildman–Crippen LogP) is 3.46. The summed E-state index contributed by atoms with van der Waals surface area (Å²) in [6.45, 7) is 11.3. The number of nitrogens with zero attached hydrogens (tertiary/aromatic N) is 2. The Morgan fingerprint density at radius 1 is 1.28 bits per heavy atom. The molecule has 2 aliphatic rings. The molecule has 0 aromatic heterocycles. The lowest BCUT2D eigenvalue weighted by molar-refractivity contribution is -0.0756. The summed E-state index contributed by atoms with van der Waals surface area (Å²) in [5, 5.41) is 4.28. The van der Waals surface area contributed by atoms with E-state index < -0.39 is 18.0 Å². The maximum atomic E-state index is 13.2. The molecule has 32 heavy (non-hydrogen) atoms. The van der Waals surface area contributed by atoms with Gasteiger partial charge < -0.3 is 19.6 Å². The average molecular weight is 449 g/mol. The van der Waals surface area contributed by atoms with Crippen LogP contribution in [0.4, 0.5) is 16.2 Å². The van der Waals surface area contributed by atoms with Gasteiger partial charge in [0.15, 0.2) is 0 Å². The van der Waals surface area contributed by atoms with Gasteiger partial charge in [0.1, 0.15) is 11.4 Å². The molecular weight excluding hydrogens is 416 g/mol. The SMILES string of the molecule is CCOC1Nc2c(C(=O)N(C)OC)cc(C3=C(C)ONC3C)cc2N1C(=O)OC(C)(C)C. The predicted molar refractivity (Wildman–Crippen MR) is 120 cm³/mol. The summed E-state index contributed by atoms with van der Waals surface area (Å²) in [5.74, 6) is 0.309. The monoisotopic (exact) mass is 448 g/mol. The third kappa shape index (κ3) is 4.52. The van der Waals surface area contributed by atoms with Crippen molar-refractivity contribution in [1.82, 2.24) is 10.5 Å². The first kappa shape index (κ1) is 23.8. The van der Waals surface area contributed by atoms with Crippen LogP contribution in [0.2, 0.25) is 0 Å². The number of allylic oxidation sites excluding steroid dienone is 1. The van der Waals surface area contributed by atoms with Gasteiger partial charge in [-0.3, -0.25) is 9.63 Å². The molecule has 2 unspecified atom stereocenters. The minimum absolute atomic E-state index is 0.108. The summed E-state index contributed by atoms with van der Waals surface area (Å²) in [4.78, 5) is 38.3. The van der Waals surface area contributed by atoms with Crippen molar-refractivity contribution in [1.29, 1.82) is 0 Å². The number of fused-ring (bicyclic) bond motifs is 1. The van der Waals surface area contributed by atoms with Gasteiger partial charge in [0.25, 0.3) is 5.91 Å². The molecule has 2 aliphatic heterocycles. The van der Waals surface area contributed by atoms with Gasteiger partial charge in [-0.1, -0.05) is 0 Å². The minimum Gasteiger partial charge on any atom is -0.443 e. The van der Waals surface area contributed by atoms with Crippen LogP contribution in [-0.2, 0) is 19.1 Å². The van der Waals surface area contributed by atoms with Crippen molar-refractivity contribution in [2.45, 2.75) is 59.5 Å². The molecule has 10 heteroatoms. The summed E-state index contributed by atoms with van der Waals surface area (Å²) in [7, 11) is 2.93. The number of nitrogens with one attached hydrogen (secondary N) is 2. The summed E-state index contributed by atoms with van der Waals surface area (Å²) in [5.41, 5.74) is 5.10. The molecule has 2 atom stereocenters. The molecule has 0 saturated heterocycles. The standard InChI is InChI=1S/C22H32N4O6/c1-9-30-20-23-18-15(19(27)25(7)29-8)10-14(17-12(2)24-32-13(17)3)11-16(18)26(20)21(28)31-22(4,5)6/h10-12,20,23-24H,9H2,1-8H3. The Morgan fingerprint density at radius 2 is 1.97 bits per heavy atom. The maximum Gasteiger partial charge on any atom is 0.418 e. The molecule has 2 N–H and O–H groups in total. The number of rotatable bonds is 5. The topological polar surface area (TPSA) is 102 Å². The van der Waals surface area contributed by atoms with Crippen molar-refractivity contribution in [2.75, 3.05) is 31.0 Å². The van der Waals surface area contributed by atoms with E-state index in [0.29, 0.717) is 29.3 Å². The molecule has 10 nitrogen and oxygen atoms in total. The number of anilines is 2. The first-order valence-electron chi connectivity index (χ1n) is 10.5. The van der Waals surface area contributed by atoms with Crippen LogP contribution in [0.15, 0.2) is 17.9 Å². The van der Waals surface area contributed by atoms with Gasteiger partial charge in [-0.2, -0.15) is 0 Å². The molecular formula is C22H32N4O6. The molecule has 0 saturated carbocycles. The number of hydroxylamine groups is 3. The third-order valence-corrected chi connectivity index (χ3v) is 5.10. The van der Waals surface area contributed by atoms with Crippen LogP contribution in [0.1, 0.15) is 57.5 Å². The molecule has 1 aromatic rings. The van der Waals surface area contributed by atoms with Gasteiger partial charge in [-0.05, 0) is 59.2 Å². The van der Waals surface area contributed by atoms with Gasteiger partial charge in [-0.15, -0.1) is 5.48 Å². The average Bonchev–Trinajstić information content (AvgIpc) is 3.24. The lowest BCUT2D eigenvalue weighted by Crippen LogP contribution is -2.45. The normalized spacial score (nSPS) is 20.1. The Balaban J connectivity index is 2.20. The van der Waals surface area contributed by atoms with Crippen LogP contribution in [-0.4, -0.2) is 55.8 Å². The maximum absolute atomic E-state index is 13.2. The zero-order chi connectivity index (χ0) is 23.8. The quantitative estimate of drug-likeness (QED) is 0.661. The zero-order valence-corrected chi connectivity index (χ0v) is 19.9. The first-order chi connectivity index (χ1) is 15.0. The Morgan fingerprint density at radius 3 is 2.50 bits per heavy atom. The molecule has 0 bridgehead atoms. The summed E-state index contributed by atoms with van der Waals surface area (Å²) < 4.78 is 11.4. The van der Waals surface area contributed by atoms with E-state index >= 15 is 0 Å². The van der Waals surface area contributed by atoms with Crippen LogP contribution in [0.3, 0.4) is 0 Å². The highest BCUT2D eigenvalue weighted by Gasteiger charge is 2.40. The summed E-state index contributed by atoms with van der Waals surface area (Å²) in [6, 6.07) is 3.49. The van der Waals surface area contributed by atoms with Crippen molar-refractivity contribution < 1.29 is 28.7 Å². The molecule has 1 aromatic carbocycles. The smallest absolute Gasteiger partial charge is 0.418 e. The van der Waals surface area contributed by atoms with Crippen LogP contribution < -0.4 is 15.7 Å². The second-order valence-electron chi connectivity index (χ2n) is 8.62. The Hall–Kier alpha value is -2.82. The van der Waals surface area contributed by atoms with E-state index in [4.69, 9.17) is 19.1 Å². The lowest BCUT2D eigenvalue weighted by atomic mass is 9.95. The van der Waals surface area contributed by atoms with Crippen LogP contribution >= 0.6 is 0 Å². The molecule has 0 aliphatic carbocycles. The van der Waals surface area contributed by atoms with Crippen molar-refractivity contribution in [3.63, 3.8) is 0 Å². The fourth-order valence-corrected chi connectivity index (χ4v) is 3.69. The molecule has 0 spiro atoms. The van der Waals surface area contributed by atoms with Gasteiger partial charge in [-0.25, -0.2) is 14.8 Å². The van der Waals surface area contributed by atoms with E-state index in [1.54, 1.807) is 26.8 Å². The van der Waals surface area contributed by atoms with Crippen molar-refractivity contribution in [3.8, 4) is 0 Å². The van der Waals surface area contributed by atoms with Crippen molar-refractivity contribution >= 4 is 28.9 Å². The number of amides is 2. The van der Waals surface area contributed by atoms with Gasteiger partial charge in [0.2, 0.25) is 6.35 Å². The highest BCUT2D eigenvalue weighted by Crippen LogP contribution is 2.43. The zero-order valence-electron chi connectivity index (χ0n) is 19.9. The van der Waals surface area contributed by atoms with Crippen LogP contribution in [0, 0.1) is 0 Å². The molecule has 2 amide bonds. The Kier molecular flexibility index (Phi) is 6.68. The van der Waals surface area contributed by atoms with E-state index in [-0.39, 0.29) is 11.9 Å². The van der Waals surface area contributed by atoms with Crippen LogP contribution in [0.5, 0.6) is 0 Å². The fourth-order valence-electron chi connectivity index (χ4n) is 3.69. The van der Waals surface area contributed by atoms with Gasteiger partial charge in [0.05, 0.1) is 30.1 Å². The highest BCUT2D eigenvalue weighted by atomic mass is 16.7. The molecule has 176 valence electrons. The number of benzene rings is 1. The summed E-state index contributed by atoms with van der Waals surface area (Å²) in [6.07, 6.45) is -1.41. The van der Waals surface area contributed by atoms with Crippen molar-refractivity contribution in [2.24, 2.45) is 0 Å².